The number of benzene rings is 2. The van der Waals surface area contributed by atoms with Crippen LogP contribution in [-0.2, 0) is 11.2 Å². The smallest absolute Gasteiger partial charge is 0.220 e. The van der Waals surface area contributed by atoms with Gasteiger partial charge in [-0.05, 0) is 24.6 Å². The number of amides is 1. The second kappa shape index (κ2) is 8.82. The Labute approximate surface area is 169 Å². The van der Waals surface area contributed by atoms with Gasteiger partial charge in [-0.25, -0.2) is 4.98 Å². The van der Waals surface area contributed by atoms with Crippen molar-refractivity contribution in [2.45, 2.75) is 32.2 Å². The average molecular weight is 392 g/mol. The van der Waals surface area contributed by atoms with E-state index >= 15 is 0 Å². The van der Waals surface area contributed by atoms with Gasteiger partial charge in [-0.3, -0.25) is 4.79 Å². The molecule has 0 aliphatic carbocycles. The number of ether oxygens (including phenoxy) is 2. The van der Waals surface area contributed by atoms with Crippen molar-refractivity contribution in [2.75, 3.05) is 13.2 Å². The predicted molar refractivity (Wildman–Crippen MR) is 109 cm³/mol. The SMILES string of the molecule is C[C@@H](NC(=O)CCc1ncc(-c2ccccc2)o1)c1ccc2c(c1)OCCCO2. The van der Waals surface area contributed by atoms with Crippen molar-refractivity contribution < 1.29 is 18.7 Å². The Kier molecular flexibility index (Phi) is 5.79. The highest BCUT2D eigenvalue weighted by atomic mass is 16.5. The molecule has 0 saturated carbocycles. The molecule has 1 amide bonds. The summed E-state index contributed by atoms with van der Waals surface area (Å²) in [5.74, 6) is 2.70. The number of carbonyl (C=O) groups excluding carboxylic acids is 1. The van der Waals surface area contributed by atoms with Crippen LogP contribution in [0.1, 0.15) is 37.3 Å². The Morgan fingerprint density at radius 2 is 1.90 bits per heavy atom. The highest BCUT2D eigenvalue weighted by Gasteiger charge is 2.16. The van der Waals surface area contributed by atoms with E-state index in [1.807, 2.05) is 55.5 Å². The summed E-state index contributed by atoms with van der Waals surface area (Å²) in [4.78, 5) is 16.7. The Hall–Kier alpha value is -3.28. The van der Waals surface area contributed by atoms with Gasteiger partial charge in [-0.15, -0.1) is 0 Å². The molecule has 6 nitrogen and oxygen atoms in total. The van der Waals surface area contributed by atoms with E-state index in [-0.39, 0.29) is 11.9 Å². The lowest BCUT2D eigenvalue weighted by molar-refractivity contribution is -0.121. The van der Waals surface area contributed by atoms with Crippen LogP contribution in [0.3, 0.4) is 0 Å². The van der Waals surface area contributed by atoms with Gasteiger partial charge in [0.25, 0.3) is 0 Å². The third kappa shape index (κ3) is 4.77. The van der Waals surface area contributed by atoms with Crippen LogP contribution < -0.4 is 14.8 Å². The standard InChI is InChI=1S/C23H24N2O4/c1-16(18-8-9-19-20(14-18)28-13-5-12-27-19)25-22(26)10-11-23-24-15-21(29-23)17-6-3-2-4-7-17/h2-4,6-9,14-16H,5,10-13H2,1H3,(H,25,26)/t16-/m1/s1. The van der Waals surface area contributed by atoms with Crippen LogP contribution in [0, 0.1) is 0 Å². The maximum absolute atomic E-state index is 12.4. The number of nitrogens with one attached hydrogen (secondary N) is 1. The van der Waals surface area contributed by atoms with E-state index in [4.69, 9.17) is 13.9 Å². The second-order valence-corrected chi connectivity index (χ2v) is 7.03. The lowest BCUT2D eigenvalue weighted by Crippen LogP contribution is -2.26. The van der Waals surface area contributed by atoms with E-state index in [1.54, 1.807) is 6.20 Å². The number of fused-ring (bicyclic) bond motifs is 1. The van der Waals surface area contributed by atoms with Crippen molar-refractivity contribution in [3.8, 4) is 22.8 Å². The van der Waals surface area contributed by atoms with Crippen molar-refractivity contribution in [3.05, 3.63) is 66.2 Å². The van der Waals surface area contributed by atoms with Gasteiger partial charge in [-0.1, -0.05) is 36.4 Å². The minimum absolute atomic E-state index is 0.0518. The lowest BCUT2D eigenvalue weighted by Gasteiger charge is -2.16. The van der Waals surface area contributed by atoms with Gasteiger partial charge in [-0.2, -0.15) is 0 Å². The molecular formula is C23H24N2O4. The van der Waals surface area contributed by atoms with E-state index < -0.39 is 0 Å². The summed E-state index contributed by atoms with van der Waals surface area (Å²) in [5.41, 5.74) is 1.95. The van der Waals surface area contributed by atoms with Crippen molar-refractivity contribution in [3.63, 3.8) is 0 Å². The van der Waals surface area contributed by atoms with Gasteiger partial charge in [0, 0.05) is 24.8 Å². The number of nitrogens with zero attached hydrogens (tertiary/aromatic N) is 1. The van der Waals surface area contributed by atoms with Crippen LogP contribution in [0.4, 0.5) is 0 Å². The van der Waals surface area contributed by atoms with Gasteiger partial charge in [0.1, 0.15) is 0 Å². The monoisotopic (exact) mass is 392 g/mol. The molecule has 1 aromatic heterocycles. The number of aromatic nitrogens is 1. The summed E-state index contributed by atoms with van der Waals surface area (Å²) in [6.45, 7) is 3.25. The summed E-state index contributed by atoms with van der Waals surface area (Å²) in [5, 5.41) is 3.02. The fourth-order valence-electron chi connectivity index (χ4n) is 3.23. The maximum atomic E-state index is 12.4. The molecule has 0 bridgehead atoms. The van der Waals surface area contributed by atoms with E-state index in [0.29, 0.717) is 37.7 Å². The fraction of sp³-hybridized carbons (Fsp3) is 0.304. The zero-order valence-electron chi connectivity index (χ0n) is 16.4. The quantitative estimate of drug-likeness (QED) is 0.677. The molecule has 0 radical (unpaired) electrons. The summed E-state index contributed by atoms with van der Waals surface area (Å²) >= 11 is 0. The fourth-order valence-corrected chi connectivity index (χ4v) is 3.23. The summed E-state index contributed by atoms with van der Waals surface area (Å²) < 4.78 is 17.1. The van der Waals surface area contributed by atoms with Crippen LogP contribution in [0.25, 0.3) is 11.3 Å². The first-order valence-corrected chi connectivity index (χ1v) is 9.88. The summed E-state index contributed by atoms with van der Waals surface area (Å²) in [7, 11) is 0. The molecule has 0 fully saturated rings. The molecule has 0 spiro atoms. The summed E-state index contributed by atoms with van der Waals surface area (Å²) in [6, 6.07) is 15.4. The lowest BCUT2D eigenvalue weighted by atomic mass is 10.1. The zero-order valence-corrected chi connectivity index (χ0v) is 16.4. The zero-order chi connectivity index (χ0) is 20.1. The third-order valence-corrected chi connectivity index (χ3v) is 4.83. The van der Waals surface area contributed by atoms with Crippen molar-refractivity contribution in [2.24, 2.45) is 0 Å². The van der Waals surface area contributed by atoms with Crippen molar-refractivity contribution in [1.29, 1.82) is 0 Å². The van der Waals surface area contributed by atoms with Gasteiger partial charge >= 0.3 is 0 Å². The molecule has 0 saturated heterocycles. The van der Waals surface area contributed by atoms with Gasteiger partial charge in [0.2, 0.25) is 5.91 Å². The van der Waals surface area contributed by atoms with E-state index in [1.165, 1.54) is 0 Å². The Balaban J connectivity index is 1.32. The normalized spacial score (nSPS) is 14.1. The first-order valence-electron chi connectivity index (χ1n) is 9.88. The Morgan fingerprint density at radius 1 is 1.10 bits per heavy atom. The first-order chi connectivity index (χ1) is 14.2. The molecule has 3 aromatic rings. The number of oxazole rings is 1. The van der Waals surface area contributed by atoms with E-state index in [9.17, 15) is 4.79 Å². The van der Waals surface area contributed by atoms with Crippen molar-refractivity contribution >= 4 is 5.91 Å². The molecule has 1 aliphatic rings. The number of aryl methyl sites for hydroxylation is 1. The van der Waals surface area contributed by atoms with Gasteiger partial charge < -0.3 is 19.2 Å². The van der Waals surface area contributed by atoms with E-state index in [0.717, 1.165) is 29.0 Å². The molecule has 2 aromatic carbocycles. The van der Waals surface area contributed by atoms with Crippen LogP contribution in [-0.4, -0.2) is 24.1 Å². The second-order valence-electron chi connectivity index (χ2n) is 7.03. The molecule has 0 unspecified atom stereocenters. The van der Waals surface area contributed by atoms with Crippen molar-refractivity contribution in [1.82, 2.24) is 10.3 Å². The molecule has 6 heteroatoms. The summed E-state index contributed by atoms with van der Waals surface area (Å²) in [6.07, 6.45) is 3.32. The minimum Gasteiger partial charge on any atom is -0.490 e. The van der Waals surface area contributed by atoms with Gasteiger partial charge in [0.05, 0.1) is 25.5 Å². The van der Waals surface area contributed by atoms with Gasteiger partial charge in [0.15, 0.2) is 23.1 Å². The first kappa shape index (κ1) is 19.1. The molecule has 29 heavy (non-hydrogen) atoms. The molecule has 1 atom stereocenters. The maximum Gasteiger partial charge on any atom is 0.220 e. The Morgan fingerprint density at radius 3 is 2.72 bits per heavy atom. The predicted octanol–water partition coefficient (Wildman–Crippen LogP) is 4.31. The molecule has 1 N–H and O–H groups in total. The van der Waals surface area contributed by atoms with Crippen LogP contribution >= 0.6 is 0 Å². The van der Waals surface area contributed by atoms with Crippen LogP contribution in [0.5, 0.6) is 11.5 Å². The Bertz CT molecular complexity index is 968. The number of carbonyl (C=O) groups is 1. The van der Waals surface area contributed by atoms with Crippen LogP contribution in [0.15, 0.2) is 59.1 Å². The number of hydrogen-bond donors (Lipinski definition) is 1. The molecule has 1 aliphatic heterocycles. The topological polar surface area (TPSA) is 73.6 Å². The molecule has 150 valence electrons. The largest absolute Gasteiger partial charge is 0.490 e. The third-order valence-electron chi connectivity index (χ3n) is 4.83. The minimum atomic E-state index is -0.135. The molecule has 4 rings (SSSR count). The number of rotatable bonds is 6. The number of hydrogen-bond acceptors (Lipinski definition) is 5. The highest BCUT2D eigenvalue weighted by molar-refractivity contribution is 5.76. The van der Waals surface area contributed by atoms with Crippen LogP contribution in [0.2, 0.25) is 0 Å². The molecular weight excluding hydrogens is 368 g/mol. The highest BCUT2D eigenvalue weighted by Crippen LogP contribution is 2.32. The molecule has 2 heterocycles. The average Bonchev–Trinajstić information content (AvgIpc) is 3.10. The van der Waals surface area contributed by atoms with E-state index in [2.05, 4.69) is 10.3 Å².